The van der Waals surface area contributed by atoms with Crippen LogP contribution in [0.3, 0.4) is 0 Å². The number of esters is 1. The molecule has 0 N–H and O–H groups in total. The summed E-state index contributed by atoms with van der Waals surface area (Å²) in [5, 5.41) is 1.84. The molecule has 106 valence electrons. The van der Waals surface area contributed by atoms with Crippen LogP contribution in [0.5, 0.6) is 0 Å². The van der Waals surface area contributed by atoms with E-state index in [0.29, 0.717) is 16.5 Å². The zero-order valence-corrected chi connectivity index (χ0v) is 12.2. The average molecular weight is 299 g/mol. The SMILES string of the molecule is Cc1ccc(-c2nc(COC(=O)c3cccs3)co2)cc1. The molecular formula is C16H13NO3S. The minimum absolute atomic E-state index is 0.103. The fourth-order valence-corrected chi connectivity index (χ4v) is 2.42. The molecule has 0 aliphatic heterocycles. The first-order chi connectivity index (χ1) is 10.2. The number of nitrogens with zero attached hydrogens (tertiary/aromatic N) is 1. The lowest BCUT2D eigenvalue weighted by atomic mass is 10.1. The van der Waals surface area contributed by atoms with E-state index in [9.17, 15) is 4.79 Å². The lowest BCUT2D eigenvalue weighted by Gasteiger charge is -1.99. The Morgan fingerprint density at radius 1 is 1.29 bits per heavy atom. The first-order valence-corrected chi connectivity index (χ1v) is 7.32. The molecule has 0 aliphatic carbocycles. The molecule has 2 heterocycles. The van der Waals surface area contributed by atoms with Crippen molar-refractivity contribution < 1.29 is 13.9 Å². The van der Waals surface area contributed by atoms with Gasteiger partial charge in [-0.3, -0.25) is 0 Å². The summed E-state index contributed by atoms with van der Waals surface area (Å²) in [5.74, 6) is 0.182. The van der Waals surface area contributed by atoms with E-state index in [1.165, 1.54) is 23.2 Å². The molecule has 0 saturated heterocycles. The molecule has 1 aromatic carbocycles. The number of oxazole rings is 1. The Bertz CT molecular complexity index is 729. The summed E-state index contributed by atoms with van der Waals surface area (Å²) >= 11 is 1.35. The lowest BCUT2D eigenvalue weighted by Crippen LogP contribution is -2.03. The predicted molar refractivity (Wildman–Crippen MR) is 80.1 cm³/mol. The van der Waals surface area contributed by atoms with Gasteiger partial charge in [-0.1, -0.05) is 23.8 Å². The van der Waals surface area contributed by atoms with Crippen LogP contribution in [0.2, 0.25) is 0 Å². The quantitative estimate of drug-likeness (QED) is 0.681. The molecule has 3 aromatic rings. The van der Waals surface area contributed by atoms with Crippen molar-refractivity contribution in [2.45, 2.75) is 13.5 Å². The number of hydrogen-bond donors (Lipinski definition) is 0. The van der Waals surface area contributed by atoms with Crippen LogP contribution in [0.25, 0.3) is 11.5 Å². The van der Waals surface area contributed by atoms with Crippen molar-refractivity contribution >= 4 is 17.3 Å². The van der Waals surface area contributed by atoms with Gasteiger partial charge in [0.05, 0.1) is 0 Å². The molecule has 2 aromatic heterocycles. The molecule has 0 fully saturated rings. The largest absolute Gasteiger partial charge is 0.455 e. The highest BCUT2D eigenvalue weighted by atomic mass is 32.1. The van der Waals surface area contributed by atoms with Crippen molar-refractivity contribution in [3.8, 4) is 11.5 Å². The molecule has 5 heteroatoms. The first-order valence-electron chi connectivity index (χ1n) is 6.44. The summed E-state index contributed by atoms with van der Waals surface area (Å²) in [6.45, 7) is 2.13. The fourth-order valence-electron chi connectivity index (χ4n) is 1.81. The van der Waals surface area contributed by atoms with Crippen LogP contribution in [-0.2, 0) is 11.3 Å². The van der Waals surface area contributed by atoms with E-state index in [-0.39, 0.29) is 12.6 Å². The van der Waals surface area contributed by atoms with E-state index in [0.717, 1.165) is 5.56 Å². The van der Waals surface area contributed by atoms with Gasteiger partial charge < -0.3 is 9.15 Å². The monoisotopic (exact) mass is 299 g/mol. The number of aromatic nitrogens is 1. The highest BCUT2D eigenvalue weighted by molar-refractivity contribution is 7.11. The lowest BCUT2D eigenvalue weighted by molar-refractivity contribution is 0.0473. The number of carbonyl (C=O) groups excluding carboxylic acids is 1. The van der Waals surface area contributed by atoms with E-state index in [4.69, 9.17) is 9.15 Å². The maximum atomic E-state index is 11.7. The van der Waals surface area contributed by atoms with Gasteiger partial charge >= 0.3 is 5.97 Å². The molecule has 0 bridgehead atoms. The van der Waals surface area contributed by atoms with Crippen molar-refractivity contribution in [3.05, 3.63) is 64.2 Å². The van der Waals surface area contributed by atoms with Crippen LogP contribution >= 0.6 is 11.3 Å². The highest BCUT2D eigenvalue weighted by Gasteiger charge is 2.11. The minimum Gasteiger partial charge on any atom is -0.455 e. The summed E-state index contributed by atoms with van der Waals surface area (Å²) in [6, 6.07) is 11.4. The Labute approximate surface area is 126 Å². The second-order valence-electron chi connectivity index (χ2n) is 4.56. The van der Waals surface area contributed by atoms with Crippen LogP contribution in [0.15, 0.2) is 52.5 Å². The normalized spacial score (nSPS) is 10.5. The maximum absolute atomic E-state index is 11.7. The Morgan fingerprint density at radius 3 is 2.81 bits per heavy atom. The molecule has 0 radical (unpaired) electrons. The molecule has 21 heavy (non-hydrogen) atoms. The second-order valence-corrected chi connectivity index (χ2v) is 5.51. The average Bonchev–Trinajstić information content (AvgIpc) is 3.17. The van der Waals surface area contributed by atoms with Crippen molar-refractivity contribution in [2.75, 3.05) is 0 Å². The first kappa shape index (κ1) is 13.6. The topological polar surface area (TPSA) is 52.3 Å². The molecule has 4 nitrogen and oxygen atoms in total. The Morgan fingerprint density at radius 2 is 2.10 bits per heavy atom. The summed E-state index contributed by atoms with van der Waals surface area (Å²) < 4.78 is 10.6. The van der Waals surface area contributed by atoms with Crippen LogP contribution < -0.4 is 0 Å². The van der Waals surface area contributed by atoms with Gasteiger partial charge in [0.1, 0.15) is 23.4 Å². The Hall–Kier alpha value is -2.40. The van der Waals surface area contributed by atoms with Gasteiger partial charge in [-0.25, -0.2) is 9.78 Å². The third-order valence-electron chi connectivity index (χ3n) is 2.92. The third-order valence-corrected chi connectivity index (χ3v) is 3.77. The number of benzene rings is 1. The summed E-state index contributed by atoms with van der Waals surface area (Å²) in [7, 11) is 0. The molecule has 0 spiro atoms. The van der Waals surface area contributed by atoms with E-state index in [1.807, 2.05) is 42.6 Å². The van der Waals surface area contributed by atoms with Crippen molar-refractivity contribution in [1.82, 2.24) is 4.98 Å². The van der Waals surface area contributed by atoms with E-state index < -0.39 is 0 Å². The minimum atomic E-state index is -0.343. The van der Waals surface area contributed by atoms with Gasteiger partial charge in [0.15, 0.2) is 0 Å². The number of hydrogen-bond acceptors (Lipinski definition) is 5. The Balaban J connectivity index is 1.65. The summed E-state index contributed by atoms with van der Waals surface area (Å²) in [4.78, 5) is 16.6. The van der Waals surface area contributed by atoms with Gasteiger partial charge in [-0.2, -0.15) is 0 Å². The zero-order chi connectivity index (χ0) is 14.7. The van der Waals surface area contributed by atoms with Gasteiger partial charge in [0.25, 0.3) is 0 Å². The molecule has 0 aliphatic rings. The molecule has 0 unspecified atom stereocenters. The number of rotatable bonds is 4. The van der Waals surface area contributed by atoms with Crippen LogP contribution in [0.4, 0.5) is 0 Å². The highest BCUT2D eigenvalue weighted by Crippen LogP contribution is 2.19. The number of carbonyl (C=O) groups is 1. The van der Waals surface area contributed by atoms with Gasteiger partial charge in [-0.05, 0) is 30.5 Å². The third kappa shape index (κ3) is 3.20. The molecule has 0 saturated carbocycles. The fraction of sp³-hybridized carbons (Fsp3) is 0.125. The van der Waals surface area contributed by atoms with Gasteiger partial charge in [0.2, 0.25) is 5.89 Å². The van der Waals surface area contributed by atoms with Gasteiger partial charge in [0, 0.05) is 5.56 Å². The molecule has 3 rings (SSSR count). The standard InChI is InChI=1S/C16H13NO3S/c1-11-4-6-12(7-5-11)15-17-13(9-19-15)10-20-16(18)14-3-2-8-21-14/h2-9H,10H2,1H3. The van der Waals surface area contributed by atoms with Crippen LogP contribution in [-0.4, -0.2) is 11.0 Å². The predicted octanol–water partition coefficient (Wildman–Crippen LogP) is 4.07. The van der Waals surface area contributed by atoms with Crippen LogP contribution in [0, 0.1) is 6.92 Å². The number of aryl methyl sites for hydroxylation is 1. The van der Waals surface area contributed by atoms with Crippen molar-refractivity contribution in [3.63, 3.8) is 0 Å². The summed E-state index contributed by atoms with van der Waals surface area (Å²) in [6.07, 6.45) is 1.51. The van der Waals surface area contributed by atoms with Crippen molar-refractivity contribution in [1.29, 1.82) is 0 Å². The zero-order valence-electron chi connectivity index (χ0n) is 11.4. The number of thiophene rings is 1. The summed E-state index contributed by atoms with van der Waals surface area (Å²) in [5.41, 5.74) is 2.67. The van der Waals surface area contributed by atoms with E-state index in [1.54, 1.807) is 6.07 Å². The van der Waals surface area contributed by atoms with Gasteiger partial charge in [-0.15, -0.1) is 11.3 Å². The smallest absolute Gasteiger partial charge is 0.348 e. The maximum Gasteiger partial charge on any atom is 0.348 e. The van der Waals surface area contributed by atoms with Crippen molar-refractivity contribution in [2.24, 2.45) is 0 Å². The number of ether oxygens (including phenoxy) is 1. The van der Waals surface area contributed by atoms with E-state index in [2.05, 4.69) is 4.98 Å². The Kier molecular flexibility index (Phi) is 3.83. The molecule has 0 atom stereocenters. The van der Waals surface area contributed by atoms with E-state index >= 15 is 0 Å². The molecular weight excluding hydrogens is 286 g/mol. The van der Waals surface area contributed by atoms with Crippen LogP contribution in [0.1, 0.15) is 20.9 Å². The second kappa shape index (κ2) is 5.93. The molecule has 0 amide bonds.